The fraction of sp³-hybridized carbons (Fsp3) is 0.231. The summed E-state index contributed by atoms with van der Waals surface area (Å²) in [5.74, 6) is -0.212. The minimum absolute atomic E-state index is 0.212. The van der Waals surface area contributed by atoms with Gasteiger partial charge in [0.05, 0.1) is 16.4 Å². The molecule has 3 N–H and O–H groups in total. The molecular weight excluding hydrogens is 282 g/mol. The van der Waals surface area contributed by atoms with Crippen molar-refractivity contribution < 1.29 is 4.79 Å². The minimum atomic E-state index is -0.212. The number of benzene rings is 1. The fourth-order valence-electron chi connectivity index (χ4n) is 2.10. The first-order chi connectivity index (χ1) is 9.13. The standard InChI is InChI=1S/C13H12ClN3OS/c14-8-5-4-7(6-9(8)15)12(18)17-13-16-10-2-1-3-11(10)19-13/h4-6H,1-3,15H2,(H,16,17,18). The van der Waals surface area contributed by atoms with Crippen LogP contribution in [0.5, 0.6) is 0 Å². The molecule has 1 aliphatic rings. The van der Waals surface area contributed by atoms with Crippen LogP contribution in [0.4, 0.5) is 10.8 Å². The number of aromatic nitrogens is 1. The maximum atomic E-state index is 12.1. The van der Waals surface area contributed by atoms with Gasteiger partial charge in [-0.1, -0.05) is 11.6 Å². The molecule has 0 saturated heterocycles. The predicted molar refractivity (Wildman–Crippen MR) is 78.0 cm³/mol. The van der Waals surface area contributed by atoms with Crippen LogP contribution < -0.4 is 11.1 Å². The van der Waals surface area contributed by atoms with Crippen molar-refractivity contribution in [3.8, 4) is 0 Å². The Balaban J connectivity index is 1.78. The van der Waals surface area contributed by atoms with E-state index < -0.39 is 0 Å². The molecule has 1 aromatic heterocycles. The van der Waals surface area contributed by atoms with Gasteiger partial charge in [0.1, 0.15) is 0 Å². The first kappa shape index (κ1) is 12.4. The lowest BCUT2D eigenvalue weighted by molar-refractivity contribution is 0.102. The van der Waals surface area contributed by atoms with Crippen LogP contribution in [-0.4, -0.2) is 10.9 Å². The number of nitrogens with two attached hydrogens (primary N) is 1. The molecule has 1 aliphatic carbocycles. The largest absolute Gasteiger partial charge is 0.398 e. The Hall–Kier alpha value is -1.59. The van der Waals surface area contributed by atoms with Gasteiger partial charge in [0, 0.05) is 10.4 Å². The van der Waals surface area contributed by atoms with Gasteiger partial charge >= 0.3 is 0 Å². The molecule has 1 amide bonds. The third-order valence-electron chi connectivity index (χ3n) is 3.07. The van der Waals surface area contributed by atoms with E-state index in [0.29, 0.717) is 21.4 Å². The summed E-state index contributed by atoms with van der Waals surface area (Å²) in [6.07, 6.45) is 3.24. The highest BCUT2D eigenvalue weighted by Gasteiger charge is 2.18. The van der Waals surface area contributed by atoms with Gasteiger partial charge in [-0.2, -0.15) is 0 Å². The molecule has 4 nitrogen and oxygen atoms in total. The number of nitrogen functional groups attached to an aromatic ring is 1. The number of nitrogens with zero attached hydrogens (tertiary/aromatic N) is 1. The Morgan fingerprint density at radius 3 is 3.00 bits per heavy atom. The smallest absolute Gasteiger partial charge is 0.257 e. The second-order valence-electron chi connectivity index (χ2n) is 4.43. The van der Waals surface area contributed by atoms with Gasteiger partial charge in [-0.3, -0.25) is 10.1 Å². The van der Waals surface area contributed by atoms with E-state index in [4.69, 9.17) is 17.3 Å². The first-order valence-corrected chi connectivity index (χ1v) is 7.18. The van der Waals surface area contributed by atoms with Crippen molar-refractivity contribution in [3.63, 3.8) is 0 Å². The van der Waals surface area contributed by atoms with Gasteiger partial charge in [0.25, 0.3) is 5.91 Å². The average molecular weight is 294 g/mol. The molecule has 19 heavy (non-hydrogen) atoms. The molecule has 6 heteroatoms. The molecule has 1 heterocycles. The van der Waals surface area contributed by atoms with E-state index in [9.17, 15) is 4.79 Å². The summed E-state index contributed by atoms with van der Waals surface area (Å²) < 4.78 is 0. The molecule has 98 valence electrons. The van der Waals surface area contributed by atoms with Gasteiger partial charge < -0.3 is 5.73 Å². The number of rotatable bonds is 2. The fourth-order valence-corrected chi connectivity index (χ4v) is 3.26. The summed E-state index contributed by atoms with van der Waals surface area (Å²) in [6, 6.07) is 4.84. The molecule has 0 saturated carbocycles. The number of hydrogen-bond acceptors (Lipinski definition) is 4. The molecule has 3 rings (SSSR count). The summed E-state index contributed by atoms with van der Waals surface area (Å²) in [6.45, 7) is 0. The number of hydrogen-bond donors (Lipinski definition) is 2. The Bertz CT molecular complexity index is 632. The van der Waals surface area contributed by atoms with E-state index >= 15 is 0 Å². The van der Waals surface area contributed by atoms with Crippen molar-refractivity contribution in [2.45, 2.75) is 19.3 Å². The van der Waals surface area contributed by atoms with E-state index in [1.807, 2.05) is 0 Å². The van der Waals surface area contributed by atoms with E-state index in [-0.39, 0.29) is 5.91 Å². The van der Waals surface area contributed by atoms with Crippen LogP contribution in [0.2, 0.25) is 5.02 Å². The molecule has 1 aromatic carbocycles. The lowest BCUT2D eigenvalue weighted by Crippen LogP contribution is -2.12. The highest BCUT2D eigenvalue weighted by molar-refractivity contribution is 7.16. The SMILES string of the molecule is Nc1cc(C(=O)Nc2nc3c(s2)CCC3)ccc1Cl. The number of anilines is 2. The monoisotopic (exact) mass is 293 g/mol. The zero-order chi connectivity index (χ0) is 13.4. The summed E-state index contributed by atoms with van der Waals surface area (Å²) in [4.78, 5) is 17.8. The van der Waals surface area contributed by atoms with E-state index in [1.165, 1.54) is 4.88 Å². The quantitative estimate of drug-likeness (QED) is 0.836. The summed E-state index contributed by atoms with van der Waals surface area (Å²) in [5.41, 5.74) is 7.69. The topological polar surface area (TPSA) is 68.0 Å². The van der Waals surface area contributed by atoms with Gasteiger partial charge in [0.2, 0.25) is 0 Å². The molecule has 0 atom stereocenters. The molecule has 2 aromatic rings. The minimum Gasteiger partial charge on any atom is -0.398 e. The second kappa shape index (κ2) is 4.83. The van der Waals surface area contributed by atoms with Crippen molar-refractivity contribution in [3.05, 3.63) is 39.4 Å². The molecule has 0 fully saturated rings. The van der Waals surface area contributed by atoms with Crippen LogP contribution in [0.15, 0.2) is 18.2 Å². The van der Waals surface area contributed by atoms with Crippen molar-refractivity contribution in [1.82, 2.24) is 4.98 Å². The zero-order valence-electron chi connectivity index (χ0n) is 10.1. The number of carbonyl (C=O) groups is 1. The molecule has 0 aliphatic heterocycles. The molecular formula is C13H12ClN3OS. The number of thiazole rings is 1. The predicted octanol–water partition coefficient (Wildman–Crippen LogP) is 3.12. The maximum Gasteiger partial charge on any atom is 0.257 e. The third-order valence-corrected chi connectivity index (χ3v) is 4.49. The number of amides is 1. The maximum absolute atomic E-state index is 12.1. The Labute approximate surface area is 119 Å². The molecule has 0 spiro atoms. The lowest BCUT2D eigenvalue weighted by Gasteiger charge is -2.04. The van der Waals surface area contributed by atoms with Crippen molar-refractivity contribution in [2.75, 3.05) is 11.1 Å². The molecule has 0 unspecified atom stereocenters. The normalized spacial score (nSPS) is 13.3. The van der Waals surface area contributed by atoms with Gasteiger partial charge in [-0.25, -0.2) is 4.98 Å². The number of fused-ring (bicyclic) bond motifs is 1. The zero-order valence-corrected chi connectivity index (χ0v) is 11.6. The van der Waals surface area contributed by atoms with Crippen molar-refractivity contribution in [1.29, 1.82) is 0 Å². The Morgan fingerprint density at radius 1 is 1.42 bits per heavy atom. The summed E-state index contributed by atoms with van der Waals surface area (Å²) >= 11 is 7.38. The van der Waals surface area contributed by atoms with Crippen LogP contribution in [0.25, 0.3) is 0 Å². The van der Waals surface area contributed by atoms with Crippen LogP contribution in [-0.2, 0) is 12.8 Å². The second-order valence-corrected chi connectivity index (χ2v) is 5.92. The van der Waals surface area contributed by atoms with Crippen LogP contribution in [0, 0.1) is 0 Å². The van der Waals surface area contributed by atoms with Crippen LogP contribution >= 0.6 is 22.9 Å². The van der Waals surface area contributed by atoms with Gasteiger partial charge in [0.15, 0.2) is 5.13 Å². The highest BCUT2D eigenvalue weighted by Crippen LogP contribution is 2.30. The van der Waals surface area contributed by atoms with E-state index in [2.05, 4.69) is 10.3 Å². The molecule has 0 bridgehead atoms. The number of aryl methyl sites for hydroxylation is 2. The van der Waals surface area contributed by atoms with Crippen LogP contribution in [0.3, 0.4) is 0 Å². The lowest BCUT2D eigenvalue weighted by atomic mass is 10.2. The average Bonchev–Trinajstić information content (AvgIpc) is 2.93. The van der Waals surface area contributed by atoms with E-state index in [1.54, 1.807) is 29.5 Å². The Morgan fingerprint density at radius 2 is 2.26 bits per heavy atom. The third kappa shape index (κ3) is 2.43. The Kier molecular flexibility index (Phi) is 3.16. The van der Waals surface area contributed by atoms with Crippen molar-refractivity contribution in [2.24, 2.45) is 0 Å². The van der Waals surface area contributed by atoms with E-state index in [0.717, 1.165) is 25.0 Å². The van der Waals surface area contributed by atoms with Gasteiger partial charge in [-0.05, 0) is 37.5 Å². The van der Waals surface area contributed by atoms with Gasteiger partial charge in [-0.15, -0.1) is 11.3 Å². The molecule has 0 radical (unpaired) electrons. The number of nitrogens with one attached hydrogen (secondary N) is 1. The van der Waals surface area contributed by atoms with Crippen LogP contribution in [0.1, 0.15) is 27.3 Å². The number of halogens is 1. The highest BCUT2D eigenvalue weighted by atomic mass is 35.5. The van der Waals surface area contributed by atoms with Crippen molar-refractivity contribution >= 4 is 39.7 Å². The number of carbonyl (C=O) groups excluding carboxylic acids is 1. The summed E-state index contributed by atoms with van der Waals surface area (Å²) in [5, 5.41) is 3.91. The first-order valence-electron chi connectivity index (χ1n) is 5.98. The summed E-state index contributed by atoms with van der Waals surface area (Å²) in [7, 11) is 0.